The highest BCUT2D eigenvalue weighted by Gasteiger charge is 2.37. The maximum atomic E-state index is 6.00. The van der Waals surface area contributed by atoms with E-state index in [-0.39, 0.29) is 5.60 Å². The molecular weight excluding hydrogens is 176 g/mol. The molecule has 0 radical (unpaired) electrons. The molecule has 3 nitrogen and oxygen atoms in total. The fourth-order valence-electron chi connectivity index (χ4n) is 2.80. The zero-order valence-corrected chi connectivity index (χ0v) is 9.00. The van der Waals surface area contributed by atoms with Crippen molar-refractivity contribution in [2.45, 2.75) is 37.7 Å². The predicted octanol–water partition coefficient (Wildman–Crippen LogP) is 0.980. The first kappa shape index (κ1) is 10.4. The Bertz CT molecular complexity index is 171. The zero-order valence-electron chi connectivity index (χ0n) is 9.00. The van der Waals surface area contributed by atoms with Crippen LogP contribution in [-0.2, 0) is 4.74 Å². The van der Waals surface area contributed by atoms with Crippen LogP contribution < -0.4 is 5.73 Å². The van der Waals surface area contributed by atoms with Gasteiger partial charge in [-0.25, -0.2) is 0 Å². The monoisotopic (exact) mass is 198 g/mol. The van der Waals surface area contributed by atoms with Gasteiger partial charge >= 0.3 is 0 Å². The van der Waals surface area contributed by atoms with Gasteiger partial charge < -0.3 is 10.5 Å². The topological polar surface area (TPSA) is 38.5 Å². The summed E-state index contributed by atoms with van der Waals surface area (Å²) in [5.74, 6) is 0. The Hall–Kier alpha value is -0.120. The molecule has 0 aromatic carbocycles. The minimum Gasteiger partial charge on any atom is -0.374 e. The average molecular weight is 198 g/mol. The maximum Gasteiger partial charge on any atom is 0.0809 e. The van der Waals surface area contributed by atoms with Crippen LogP contribution >= 0.6 is 0 Å². The minimum atomic E-state index is 0.200. The van der Waals surface area contributed by atoms with Gasteiger partial charge in [-0.3, -0.25) is 4.90 Å². The lowest BCUT2D eigenvalue weighted by atomic mass is 9.86. The van der Waals surface area contributed by atoms with Crippen molar-refractivity contribution < 1.29 is 4.74 Å². The van der Waals surface area contributed by atoms with E-state index in [2.05, 4.69) is 4.90 Å². The maximum absolute atomic E-state index is 6.00. The molecule has 1 atom stereocenters. The standard InChI is InChI=1S/C11H22N2O/c12-6-8-13-7-3-5-11(10-13)4-1-2-9-14-11/h1-10,12H2. The zero-order chi connectivity index (χ0) is 9.86. The Morgan fingerprint density at radius 2 is 2.07 bits per heavy atom. The van der Waals surface area contributed by atoms with Gasteiger partial charge in [-0.05, 0) is 38.6 Å². The van der Waals surface area contributed by atoms with Crippen molar-refractivity contribution in [3.05, 3.63) is 0 Å². The van der Waals surface area contributed by atoms with Crippen molar-refractivity contribution in [3.8, 4) is 0 Å². The van der Waals surface area contributed by atoms with Gasteiger partial charge in [0.1, 0.15) is 0 Å². The number of hydrogen-bond acceptors (Lipinski definition) is 3. The van der Waals surface area contributed by atoms with Crippen molar-refractivity contribution in [2.24, 2.45) is 5.73 Å². The second-order valence-corrected chi connectivity index (χ2v) is 4.66. The summed E-state index contributed by atoms with van der Waals surface area (Å²) in [6.07, 6.45) is 6.39. The summed E-state index contributed by atoms with van der Waals surface area (Å²) >= 11 is 0. The van der Waals surface area contributed by atoms with E-state index in [0.717, 1.165) is 26.2 Å². The third kappa shape index (κ3) is 2.27. The second kappa shape index (κ2) is 4.60. The lowest BCUT2D eigenvalue weighted by molar-refractivity contribution is -0.115. The summed E-state index contributed by atoms with van der Waals surface area (Å²) in [7, 11) is 0. The summed E-state index contributed by atoms with van der Waals surface area (Å²) in [6, 6.07) is 0. The van der Waals surface area contributed by atoms with E-state index in [9.17, 15) is 0 Å². The van der Waals surface area contributed by atoms with Gasteiger partial charge in [-0.15, -0.1) is 0 Å². The number of likely N-dealkylation sites (tertiary alicyclic amines) is 1. The van der Waals surface area contributed by atoms with E-state index in [4.69, 9.17) is 10.5 Å². The first-order valence-corrected chi connectivity index (χ1v) is 5.91. The van der Waals surface area contributed by atoms with Crippen molar-refractivity contribution in [3.63, 3.8) is 0 Å². The molecule has 14 heavy (non-hydrogen) atoms. The first-order chi connectivity index (χ1) is 6.85. The van der Waals surface area contributed by atoms with Crippen LogP contribution in [0.15, 0.2) is 0 Å². The number of piperidine rings is 1. The van der Waals surface area contributed by atoms with Gasteiger partial charge in [0.15, 0.2) is 0 Å². The molecule has 0 saturated carbocycles. The Balaban J connectivity index is 1.91. The third-order valence-corrected chi connectivity index (χ3v) is 3.50. The second-order valence-electron chi connectivity index (χ2n) is 4.66. The summed E-state index contributed by atoms with van der Waals surface area (Å²) < 4.78 is 6.00. The molecule has 1 spiro atoms. The molecule has 0 aromatic rings. The lowest BCUT2D eigenvalue weighted by Crippen LogP contribution is -2.52. The minimum absolute atomic E-state index is 0.200. The van der Waals surface area contributed by atoms with Crippen molar-refractivity contribution in [1.29, 1.82) is 0 Å². The molecule has 2 saturated heterocycles. The Morgan fingerprint density at radius 1 is 1.21 bits per heavy atom. The largest absolute Gasteiger partial charge is 0.374 e. The van der Waals surface area contributed by atoms with E-state index >= 15 is 0 Å². The summed E-state index contributed by atoms with van der Waals surface area (Å²) in [5.41, 5.74) is 5.79. The van der Waals surface area contributed by atoms with E-state index in [1.54, 1.807) is 0 Å². The SMILES string of the molecule is NCCN1CCCC2(CCCCO2)C1. The van der Waals surface area contributed by atoms with Crippen molar-refractivity contribution >= 4 is 0 Å². The average Bonchev–Trinajstić information content (AvgIpc) is 2.19. The third-order valence-electron chi connectivity index (χ3n) is 3.50. The van der Waals surface area contributed by atoms with E-state index in [1.165, 1.54) is 38.6 Å². The highest BCUT2D eigenvalue weighted by atomic mass is 16.5. The van der Waals surface area contributed by atoms with Crippen LogP contribution in [0.1, 0.15) is 32.1 Å². The van der Waals surface area contributed by atoms with Crippen molar-refractivity contribution in [2.75, 3.05) is 32.8 Å². The summed E-state index contributed by atoms with van der Waals surface area (Å²) in [4.78, 5) is 2.47. The molecule has 82 valence electrons. The molecule has 1 unspecified atom stereocenters. The molecule has 2 aliphatic rings. The Labute approximate surface area is 86.6 Å². The molecule has 2 N–H and O–H groups in total. The van der Waals surface area contributed by atoms with Crippen LogP contribution in [0.25, 0.3) is 0 Å². The molecule has 2 aliphatic heterocycles. The molecule has 0 bridgehead atoms. The first-order valence-electron chi connectivity index (χ1n) is 5.91. The molecule has 2 rings (SSSR count). The fourth-order valence-corrected chi connectivity index (χ4v) is 2.80. The van der Waals surface area contributed by atoms with E-state index in [1.807, 2.05) is 0 Å². The number of nitrogens with two attached hydrogens (primary N) is 1. The molecule has 0 aromatic heterocycles. The molecule has 0 amide bonds. The fraction of sp³-hybridized carbons (Fsp3) is 1.00. The van der Waals surface area contributed by atoms with Gasteiger partial charge in [0.05, 0.1) is 5.60 Å². The summed E-state index contributed by atoms with van der Waals surface area (Å²) in [5, 5.41) is 0. The van der Waals surface area contributed by atoms with Crippen LogP contribution in [-0.4, -0.2) is 43.3 Å². The van der Waals surface area contributed by atoms with E-state index < -0.39 is 0 Å². The van der Waals surface area contributed by atoms with Gasteiger partial charge in [0, 0.05) is 26.2 Å². The number of nitrogens with zero attached hydrogens (tertiary/aromatic N) is 1. The Kier molecular flexibility index (Phi) is 3.42. The number of ether oxygens (including phenoxy) is 1. The van der Waals surface area contributed by atoms with Gasteiger partial charge in [0.25, 0.3) is 0 Å². The molecule has 2 heterocycles. The highest BCUT2D eigenvalue weighted by Crippen LogP contribution is 2.33. The molecule has 3 heteroatoms. The molecule has 2 fully saturated rings. The van der Waals surface area contributed by atoms with Crippen LogP contribution in [0.4, 0.5) is 0 Å². The van der Waals surface area contributed by atoms with Gasteiger partial charge in [-0.2, -0.15) is 0 Å². The van der Waals surface area contributed by atoms with Crippen molar-refractivity contribution in [1.82, 2.24) is 4.90 Å². The van der Waals surface area contributed by atoms with Crippen LogP contribution in [0.2, 0.25) is 0 Å². The van der Waals surface area contributed by atoms with Crippen LogP contribution in [0, 0.1) is 0 Å². The number of rotatable bonds is 2. The Morgan fingerprint density at radius 3 is 2.79 bits per heavy atom. The molecular formula is C11H22N2O. The summed E-state index contributed by atoms with van der Waals surface area (Å²) in [6.45, 7) is 5.10. The van der Waals surface area contributed by atoms with Crippen LogP contribution in [0.5, 0.6) is 0 Å². The molecule has 0 aliphatic carbocycles. The highest BCUT2D eigenvalue weighted by molar-refractivity contribution is 4.90. The smallest absolute Gasteiger partial charge is 0.0809 e. The lowest BCUT2D eigenvalue weighted by Gasteiger charge is -2.44. The quantitative estimate of drug-likeness (QED) is 0.719. The normalized spacial score (nSPS) is 34.9. The van der Waals surface area contributed by atoms with Crippen LogP contribution in [0.3, 0.4) is 0 Å². The van der Waals surface area contributed by atoms with Gasteiger partial charge in [-0.1, -0.05) is 0 Å². The van der Waals surface area contributed by atoms with E-state index in [0.29, 0.717) is 0 Å². The predicted molar refractivity (Wildman–Crippen MR) is 57.3 cm³/mol. The number of hydrogen-bond donors (Lipinski definition) is 1. The van der Waals surface area contributed by atoms with Gasteiger partial charge in [0.2, 0.25) is 0 Å².